The normalized spacial score (nSPS) is 34.6. The van der Waals surface area contributed by atoms with Crippen molar-refractivity contribution in [3.8, 4) is 0 Å². The summed E-state index contributed by atoms with van der Waals surface area (Å²) in [6.45, 7) is 3.21. The number of carbonyl (C=O) groups excluding carboxylic acids is 3. The van der Waals surface area contributed by atoms with Crippen LogP contribution in [0.2, 0.25) is 0 Å². The lowest BCUT2D eigenvalue weighted by Crippen LogP contribution is -2.51. The van der Waals surface area contributed by atoms with E-state index in [1.807, 2.05) is 4.90 Å². The number of aliphatic imine (C=N–C) groups is 1. The van der Waals surface area contributed by atoms with E-state index in [-0.39, 0.29) is 40.4 Å². The molecule has 166 valence electrons. The number of rotatable bonds is 7. The van der Waals surface area contributed by atoms with E-state index in [0.717, 1.165) is 75.4 Å². The van der Waals surface area contributed by atoms with Crippen LogP contribution >= 0.6 is 11.8 Å². The lowest BCUT2D eigenvalue weighted by atomic mass is 9.82. The fourth-order valence-corrected chi connectivity index (χ4v) is 6.31. The molecule has 1 N–H and O–H groups in total. The third kappa shape index (κ3) is 4.90. The second-order valence-electron chi connectivity index (χ2n) is 8.98. The highest BCUT2D eigenvalue weighted by atomic mass is 32.2. The molecule has 3 unspecified atom stereocenters. The summed E-state index contributed by atoms with van der Waals surface area (Å²) < 4.78 is 6.13. The summed E-state index contributed by atoms with van der Waals surface area (Å²) in [6.07, 6.45) is 10.1. The molecule has 0 aromatic carbocycles. The Kier molecular flexibility index (Phi) is 7.13. The highest BCUT2D eigenvalue weighted by molar-refractivity contribution is 8.15. The van der Waals surface area contributed by atoms with Crippen LogP contribution in [-0.2, 0) is 14.3 Å². The number of amides is 3. The molecule has 2 saturated carbocycles. The van der Waals surface area contributed by atoms with Crippen LogP contribution in [-0.4, -0.2) is 58.3 Å². The van der Waals surface area contributed by atoms with Crippen LogP contribution in [0.5, 0.6) is 0 Å². The number of carbonyl (C=O) groups is 3. The van der Waals surface area contributed by atoms with Crippen LogP contribution in [0.4, 0.5) is 4.79 Å². The number of hydrogen-bond acceptors (Lipinski definition) is 6. The molecular weight excluding hydrogens is 402 g/mol. The molecule has 2 aliphatic carbocycles. The van der Waals surface area contributed by atoms with Crippen molar-refractivity contribution in [2.45, 2.75) is 88.5 Å². The molecule has 0 bridgehead atoms. The van der Waals surface area contributed by atoms with E-state index in [9.17, 15) is 14.4 Å². The maximum atomic E-state index is 13.0. The molecule has 0 spiro atoms. The van der Waals surface area contributed by atoms with Gasteiger partial charge in [-0.1, -0.05) is 31.5 Å². The van der Waals surface area contributed by atoms with Crippen LogP contribution in [0.1, 0.15) is 71.1 Å². The minimum atomic E-state index is -0.222. The van der Waals surface area contributed by atoms with Gasteiger partial charge in [0.15, 0.2) is 0 Å². The van der Waals surface area contributed by atoms with Crippen LogP contribution in [0.3, 0.4) is 0 Å². The minimum Gasteiger partial charge on any atom is -0.376 e. The van der Waals surface area contributed by atoms with E-state index in [1.54, 1.807) is 0 Å². The van der Waals surface area contributed by atoms with Gasteiger partial charge in [0, 0.05) is 6.42 Å². The van der Waals surface area contributed by atoms with Crippen molar-refractivity contribution in [3.05, 3.63) is 0 Å². The summed E-state index contributed by atoms with van der Waals surface area (Å²) in [6, 6.07) is 0.198. The van der Waals surface area contributed by atoms with Gasteiger partial charge in [0.25, 0.3) is 5.24 Å². The Morgan fingerprint density at radius 1 is 1.10 bits per heavy atom. The number of fused-ring (bicyclic) bond motifs is 1. The molecular formula is C22H33N3O4S. The number of nitrogens with one attached hydrogen (secondary N) is 1. The molecule has 4 rings (SSSR count). The van der Waals surface area contributed by atoms with Crippen molar-refractivity contribution in [3.63, 3.8) is 0 Å². The van der Waals surface area contributed by atoms with Gasteiger partial charge in [0.1, 0.15) is 5.84 Å². The van der Waals surface area contributed by atoms with E-state index in [0.29, 0.717) is 19.1 Å². The van der Waals surface area contributed by atoms with E-state index >= 15 is 0 Å². The Bertz CT molecular complexity index is 704. The molecule has 0 aromatic rings. The highest BCUT2D eigenvalue weighted by Crippen LogP contribution is 2.35. The molecule has 3 amide bonds. The molecule has 2 heterocycles. The quantitative estimate of drug-likeness (QED) is 0.661. The second kappa shape index (κ2) is 9.81. The van der Waals surface area contributed by atoms with Crippen LogP contribution in [0.15, 0.2) is 4.99 Å². The summed E-state index contributed by atoms with van der Waals surface area (Å²) in [5.41, 5.74) is 0. The van der Waals surface area contributed by atoms with E-state index < -0.39 is 0 Å². The number of nitrogens with zero attached hydrogens (tertiary/aromatic N) is 2. The number of hydrogen-bond donors (Lipinski definition) is 1. The molecule has 3 fully saturated rings. The summed E-state index contributed by atoms with van der Waals surface area (Å²) >= 11 is 1.13. The van der Waals surface area contributed by atoms with Crippen LogP contribution < -0.4 is 5.32 Å². The molecule has 2 aliphatic heterocycles. The summed E-state index contributed by atoms with van der Waals surface area (Å²) in [4.78, 5) is 42.9. The smallest absolute Gasteiger partial charge is 0.286 e. The van der Waals surface area contributed by atoms with Gasteiger partial charge in [-0.3, -0.25) is 29.6 Å². The van der Waals surface area contributed by atoms with Gasteiger partial charge in [0.05, 0.1) is 36.5 Å². The van der Waals surface area contributed by atoms with Gasteiger partial charge in [-0.05, 0) is 50.9 Å². The number of imide groups is 1. The largest absolute Gasteiger partial charge is 0.376 e. The van der Waals surface area contributed by atoms with Gasteiger partial charge in [-0.15, -0.1) is 0 Å². The van der Waals surface area contributed by atoms with E-state index in [4.69, 9.17) is 9.73 Å². The third-order valence-electron chi connectivity index (χ3n) is 7.03. The Hall–Kier alpha value is -1.41. The topological polar surface area (TPSA) is 88.1 Å². The van der Waals surface area contributed by atoms with E-state index in [2.05, 4.69) is 12.2 Å². The molecule has 30 heavy (non-hydrogen) atoms. The molecule has 0 aromatic heterocycles. The molecule has 4 aliphatic rings. The predicted molar refractivity (Wildman–Crippen MR) is 116 cm³/mol. The predicted octanol–water partition coefficient (Wildman–Crippen LogP) is 3.51. The zero-order chi connectivity index (χ0) is 21.1. The van der Waals surface area contributed by atoms with Gasteiger partial charge in [-0.2, -0.15) is 0 Å². The highest BCUT2D eigenvalue weighted by Gasteiger charge is 2.39. The zero-order valence-electron chi connectivity index (χ0n) is 17.8. The van der Waals surface area contributed by atoms with Gasteiger partial charge >= 0.3 is 0 Å². The first kappa shape index (κ1) is 21.8. The van der Waals surface area contributed by atoms with Crippen molar-refractivity contribution < 1.29 is 19.1 Å². The second-order valence-corrected chi connectivity index (χ2v) is 10.2. The maximum Gasteiger partial charge on any atom is 0.286 e. The molecule has 3 atom stereocenters. The summed E-state index contributed by atoms with van der Waals surface area (Å²) in [5.74, 6) is 1.59. The zero-order valence-corrected chi connectivity index (χ0v) is 18.6. The number of ether oxygens (including phenoxy) is 1. The van der Waals surface area contributed by atoms with Gasteiger partial charge in [-0.25, -0.2) is 0 Å². The van der Waals surface area contributed by atoms with Crippen molar-refractivity contribution in [2.75, 3.05) is 13.2 Å². The SMILES string of the molecule is CCC1=NC2CCCCC2C(=O)N1CCOC1CCC(CC2SC(=O)NC2=O)CC1. The van der Waals surface area contributed by atoms with Crippen molar-refractivity contribution in [1.29, 1.82) is 0 Å². The number of thioether (sulfide) groups is 1. The first-order chi connectivity index (χ1) is 14.5. The Labute approximate surface area is 182 Å². The fourth-order valence-electron chi connectivity index (χ4n) is 5.36. The van der Waals surface area contributed by atoms with Crippen molar-refractivity contribution in [2.24, 2.45) is 16.8 Å². The Morgan fingerprint density at radius 3 is 2.57 bits per heavy atom. The molecule has 8 heteroatoms. The first-order valence-electron chi connectivity index (χ1n) is 11.6. The summed E-state index contributed by atoms with van der Waals surface area (Å²) in [5, 5.41) is 1.93. The lowest BCUT2D eigenvalue weighted by Gasteiger charge is -2.39. The maximum absolute atomic E-state index is 13.0. The van der Waals surface area contributed by atoms with Crippen molar-refractivity contribution >= 4 is 34.7 Å². The minimum absolute atomic E-state index is 0.0713. The summed E-state index contributed by atoms with van der Waals surface area (Å²) in [7, 11) is 0. The van der Waals surface area contributed by atoms with Crippen LogP contribution in [0, 0.1) is 11.8 Å². The number of amidine groups is 1. The standard InChI is InChI=1S/C22H33N3O4S/c1-2-19-23-17-6-4-3-5-16(17)21(27)25(19)11-12-29-15-9-7-14(8-10-15)13-18-20(26)24-22(28)30-18/h14-18H,2-13H2,1H3,(H,24,26,28). The van der Waals surface area contributed by atoms with Gasteiger partial charge in [0.2, 0.25) is 11.8 Å². The third-order valence-corrected chi connectivity index (χ3v) is 8.04. The average Bonchev–Trinajstić information content (AvgIpc) is 3.07. The van der Waals surface area contributed by atoms with Gasteiger partial charge < -0.3 is 4.74 Å². The first-order valence-corrected chi connectivity index (χ1v) is 12.4. The van der Waals surface area contributed by atoms with E-state index in [1.165, 1.54) is 6.42 Å². The van der Waals surface area contributed by atoms with Crippen LogP contribution in [0.25, 0.3) is 0 Å². The fraction of sp³-hybridized carbons (Fsp3) is 0.818. The Balaban J connectivity index is 1.21. The monoisotopic (exact) mass is 435 g/mol. The molecule has 0 radical (unpaired) electrons. The van der Waals surface area contributed by atoms with Crippen molar-refractivity contribution in [1.82, 2.24) is 10.2 Å². The molecule has 1 saturated heterocycles. The molecule has 7 nitrogen and oxygen atoms in total. The average molecular weight is 436 g/mol. The Morgan fingerprint density at radius 2 is 1.87 bits per heavy atom. The lowest BCUT2D eigenvalue weighted by molar-refractivity contribution is -0.135.